The highest BCUT2D eigenvalue weighted by Crippen LogP contribution is 2.17. The number of rotatable bonds is 6. The molecule has 1 aliphatic heterocycles. The molecule has 1 aromatic heterocycles. The minimum absolute atomic E-state index is 0.0220. The third-order valence-corrected chi connectivity index (χ3v) is 4.13. The Morgan fingerprint density at radius 2 is 2.30 bits per heavy atom. The topological polar surface area (TPSA) is 62.3 Å². The van der Waals surface area contributed by atoms with E-state index in [4.69, 9.17) is 0 Å². The first-order valence-electron chi connectivity index (χ1n) is 8.28. The summed E-state index contributed by atoms with van der Waals surface area (Å²) in [7, 11) is 0. The monoisotopic (exact) mass is 315 g/mol. The molecule has 0 spiro atoms. The van der Waals surface area contributed by atoms with E-state index >= 15 is 0 Å². The Morgan fingerprint density at radius 3 is 3.04 bits per heavy atom. The standard InChI is InChI=1S/C18H25N3O2/c1-3-16-15(9-6-12-19-16)8-4-5-11-20-18(23)17-10-7-13-21(17)14(2)22/h4,6,8-9,12,17H,3,5,7,10-11,13H2,1-2H3,(H,20,23)/b8-4-. The number of pyridine rings is 1. The van der Waals surface area contributed by atoms with Gasteiger partial charge < -0.3 is 10.2 Å². The van der Waals surface area contributed by atoms with Gasteiger partial charge in [0.15, 0.2) is 0 Å². The van der Waals surface area contributed by atoms with Crippen molar-refractivity contribution in [1.29, 1.82) is 0 Å². The molecule has 1 atom stereocenters. The first kappa shape index (κ1) is 17.2. The molecule has 23 heavy (non-hydrogen) atoms. The van der Waals surface area contributed by atoms with Gasteiger partial charge in [0.1, 0.15) is 6.04 Å². The van der Waals surface area contributed by atoms with Crippen molar-refractivity contribution in [2.45, 2.75) is 45.6 Å². The molecule has 0 bridgehead atoms. The number of likely N-dealkylation sites (tertiary alicyclic amines) is 1. The summed E-state index contributed by atoms with van der Waals surface area (Å²) in [6, 6.07) is 3.68. The normalized spacial score (nSPS) is 17.7. The predicted molar refractivity (Wildman–Crippen MR) is 90.7 cm³/mol. The van der Waals surface area contributed by atoms with Crippen LogP contribution in [0.3, 0.4) is 0 Å². The molecule has 5 nitrogen and oxygen atoms in total. The zero-order valence-corrected chi connectivity index (χ0v) is 13.9. The molecule has 124 valence electrons. The Bertz CT molecular complexity index is 583. The molecule has 5 heteroatoms. The average Bonchev–Trinajstić information content (AvgIpc) is 3.04. The van der Waals surface area contributed by atoms with E-state index in [9.17, 15) is 9.59 Å². The first-order chi connectivity index (χ1) is 11.1. The lowest BCUT2D eigenvalue weighted by Gasteiger charge is -2.22. The smallest absolute Gasteiger partial charge is 0.242 e. The minimum Gasteiger partial charge on any atom is -0.354 e. The Morgan fingerprint density at radius 1 is 1.48 bits per heavy atom. The number of aryl methyl sites for hydroxylation is 1. The van der Waals surface area contributed by atoms with Gasteiger partial charge in [-0.05, 0) is 37.3 Å². The second-order valence-electron chi connectivity index (χ2n) is 5.75. The summed E-state index contributed by atoms with van der Waals surface area (Å²) in [6.07, 6.45) is 9.23. The highest BCUT2D eigenvalue weighted by Gasteiger charge is 2.31. The predicted octanol–water partition coefficient (Wildman–Crippen LogP) is 2.17. The second-order valence-corrected chi connectivity index (χ2v) is 5.75. The Hall–Kier alpha value is -2.17. The van der Waals surface area contributed by atoms with Gasteiger partial charge in [-0.25, -0.2) is 0 Å². The Balaban J connectivity index is 1.78. The van der Waals surface area contributed by atoms with Gasteiger partial charge in [-0.15, -0.1) is 0 Å². The largest absolute Gasteiger partial charge is 0.354 e. The number of amides is 2. The SMILES string of the molecule is CCc1ncccc1/C=C\CCNC(=O)C1CCCN1C(C)=O. The molecule has 0 saturated carbocycles. The van der Waals surface area contributed by atoms with Gasteiger partial charge in [-0.1, -0.05) is 25.1 Å². The van der Waals surface area contributed by atoms with Crippen molar-refractivity contribution < 1.29 is 9.59 Å². The van der Waals surface area contributed by atoms with Gasteiger partial charge in [0.25, 0.3) is 0 Å². The van der Waals surface area contributed by atoms with Crippen LogP contribution in [0.2, 0.25) is 0 Å². The molecule has 2 amide bonds. The summed E-state index contributed by atoms with van der Waals surface area (Å²) in [5.41, 5.74) is 2.20. The fourth-order valence-corrected chi connectivity index (χ4v) is 2.92. The molecule has 1 fully saturated rings. The lowest BCUT2D eigenvalue weighted by Crippen LogP contribution is -2.45. The number of hydrogen-bond acceptors (Lipinski definition) is 3. The lowest BCUT2D eigenvalue weighted by molar-refractivity contribution is -0.136. The van der Waals surface area contributed by atoms with Gasteiger partial charge in [-0.3, -0.25) is 14.6 Å². The van der Waals surface area contributed by atoms with E-state index in [1.54, 1.807) is 11.1 Å². The molecule has 1 aliphatic rings. The molecule has 1 unspecified atom stereocenters. The zero-order valence-electron chi connectivity index (χ0n) is 13.9. The van der Waals surface area contributed by atoms with Crippen LogP contribution in [0.25, 0.3) is 6.08 Å². The summed E-state index contributed by atoms with van der Waals surface area (Å²) in [5.74, 6) is -0.0621. The van der Waals surface area contributed by atoms with Crippen LogP contribution < -0.4 is 5.32 Å². The average molecular weight is 315 g/mol. The molecule has 1 saturated heterocycles. The van der Waals surface area contributed by atoms with Crippen molar-refractivity contribution in [3.8, 4) is 0 Å². The van der Waals surface area contributed by atoms with Gasteiger partial charge >= 0.3 is 0 Å². The summed E-state index contributed by atoms with van der Waals surface area (Å²) in [5, 5.41) is 2.92. The number of hydrogen-bond donors (Lipinski definition) is 1. The van der Waals surface area contributed by atoms with Gasteiger partial charge in [0.2, 0.25) is 11.8 Å². The van der Waals surface area contributed by atoms with E-state index in [1.165, 1.54) is 6.92 Å². The maximum absolute atomic E-state index is 12.2. The zero-order chi connectivity index (χ0) is 16.7. The highest BCUT2D eigenvalue weighted by atomic mass is 16.2. The molecule has 1 N–H and O–H groups in total. The molecule has 0 radical (unpaired) electrons. The Labute approximate surface area is 137 Å². The van der Waals surface area contributed by atoms with E-state index in [0.29, 0.717) is 13.1 Å². The van der Waals surface area contributed by atoms with Crippen molar-refractivity contribution in [3.05, 3.63) is 35.7 Å². The van der Waals surface area contributed by atoms with Gasteiger partial charge in [-0.2, -0.15) is 0 Å². The van der Waals surface area contributed by atoms with Crippen molar-refractivity contribution >= 4 is 17.9 Å². The maximum Gasteiger partial charge on any atom is 0.242 e. The minimum atomic E-state index is -0.290. The highest BCUT2D eigenvalue weighted by molar-refractivity contribution is 5.87. The van der Waals surface area contributed by atoms with Crippen LogP contribution in [0, 0.1) is 0 Å². The number of carbonyl (C=O) groups excluding carboxylic acids is 2. The second kappa shape index (κ2) is 8.46. The molecular formula is C18H25N3O2. The summed E-state index contributed by atoms with van der Waals surface area (Å²) < 4.78 is 0. The van der Waals surface area contributed by atoms with Gasteiger partial charge in [0, 0.05) is 31.9 Å². The fraction of sp³-hybridized carbons (Fsp3) is 0.500. The van der Waals surface area contributed by atoms with Crippen LogP contribution in [0.1, 0.15) is 44.4 Å². The van der Waals surface area contributed by atoms with Crippen LogP contribution in [0.4, 0.5) is 0 Å². The molecule has 2 rings (SSSR count). The van der Waals surface area contributed by atoms with Crippen molar-refractivity contribution in [1.82, 2.24) is 15.2 Å². The fourth-order valence-electron chi connectivity index (χ4n) is 2.92. The number of nitrogens with zero attached hydrogens (tertiary/aromatic N) is 2. The molecule has 0 aromatic carbocycles. The molecule has 1 aromatic rings. The van der Waals surface area contributed by atoms with Crippen LogP contribution in [0.15, 0.2) is 24.4 Å². The van der Waals surface area contributed by atoms with Crippen molar-refractivity contribution in [2.24, 2.45) is 0 Å². The van der Waals surface area contributed by atoms with Crippen LogP contribution in [0.5, 0.6) is 0 Å². The molecular weight excluding hydrogens is 290 g/mol. The first-order valence-corrected chi connectivity index (χ1v) is 8.28. The maximum atomic E-state index is 12.2. The van der Waals surface area contributed by atoms with Crippen LogP contribution >= 0.6 is 0 Å². The quantitative estimate of drug-likeness (QED) is 0.818. The van der Waals surface area contributed by atoms with Crippen LogP contribution in [-0.4, -0.2) is 40.8 Å². The van der Waals surface area contributed by atoms with Gasteiger partial charge in [0.05, 0.1) is 0 Å². The lowest BCUT2D eigenvalue weighted by atomic mass is 10.1. The summed E-state index contributed by atoms with van der Waals surface area (Å²) >= 11 is 0. The molecule has 0 aliphatic carbocycles. The Kier molecular flexibility index (Phi) is 6.32. The van der Waals surface area contributed by atoms with Crippen LogP contribution in [-0.2, 0) is 16.0 Å². The summed E-state index contributed by atoms with van der Waals surface area (Å²) in [6.45, 7) is 4.88. The number of carbonyl (C=O) groups is 2. The van der Waals surface area contributed by atoms with E-state index in [0.717, 1.165) is 36.9 Å². The third-order valence-electron chi connectivity index (χ3n) is 4.13. The third kappa shape index (κ3) is 4.65. The van der Waals surface area contributed by atoms with Crippen molar-refractivity contribution in [3.63, 3.8) is 0 Å². The van der Waals surface area contributed by atoms with E-state index < -0.39 is 0 Å². The van der Waals surface area contributed by atoms with E-state index in [-0.39, 0.29) is 17.9 Å². The van der Waals surface area contributed by atoms with E-state index in [2.05, 4.69) is 23.3 Å². The van der Waals surface area contributed by atoms with Crippen molar-refractivity contribution in [2.75, 3.05) is 13.1 Å². The number of nitrogens with one attached hydrogen (secondary N) is 1. The molecule has 2 heterocycles. The summed E-state index contributed by atoms with van der Waals surface area (Å²) in [4.78, 5) is 29.6. The van der Waals surface area contributed by atoms with E-state index in [1.807, 2.05) is 18.2 Å². The number of aromatic nitrogens is 1.